The van der Waals surface area contributed by atoms with Crippen molar-refractivity contribution in [1.82, 2.24) is 9.80 Å². The summed E-state index contributed by atoms with van der Waals surface area (Å²) in [6.07, 6.45) is 0. The molecule has 5 heteroatoms. The van der Waals surface area contributed by atoms with E-state index in [2.05, 4.69) is 118 Å². The van der Waals surface area contributed by atoms with E-state index in [0.29, 0.717) is 0 Å². The normalized spacial score (nSPS) is 10.3. The zero-order valence-electron chi connectivity index (χ0n) is 17.3. The minimum atomic E-state index is 0. The molecule has 0 saturated carbocycles. The van der Waals surface area contributed by atoms with Crippen LogP contribution in [0.15, 0.2) is 48.5 Å². The molecule has 0 radical (unpaired) electrons. The van der Waals surface area contributed by atoms with E-state index in [9.17, 15) is 0 Å². The maximum absolute atomic E-state index is 3.10. The van der Waals surface area contributed by atoms with Crippen molar-refractivity contribution in [2.75, 3.05) is 26.2 Å². The van der Waals surface area contributed by atoms with Crippen molar-refractivity contribution in [2.24, 2.45) is 0 Å². The molecule has 0 amide bonds. The molecule has 0 saturated heterocycles. The molecule has 0 unspecified atom stereocenters. The standard InChI is InChI=1S/2C11H17NSe.Zn/c2*1-3-12(4-2)9-10-7-5-6-8-11(10)13;/h2*5-8,13H,3-4,9H2,1-2H3;/q;;+2/p-2. The number of benzene rings is 2. The van der Waals surface area contributed by atoms with Crippen LogP contribution >= 0.6 is 0 Å². The van der Waals surface area contributed by atoms with E-state index in [-0.39, 0.29) is 19.5 Å². The molecule has 0 spiro atoms. The van der Waals surface area contributed by atoms with Crippen LogP contribution in [0.3, 0.4) is 0 Å². The third kappa shape index (κ3) is 10.4. The molecule has 2 aromatic rings. The molecular weight excluding hydrogens is 516 g/mol. The molecule has 2 nitrogen and oxygen atoms in total. The Morgan fingerprint density at radius 1 is 0.593 bits per heavy atom. The molecule has 0 fully saturated rings. The molecule has 27 heavy (non-hydrogen) atoms. The fourth-order valence-corrected chi connectivity index (χ4v) is 3.53. The third-order valence-corrected chi connectivity index (χ3v) is 6.19. The van der Waals surface area contributed by atoms with E-state index < -0.39 is 0 Å². The van der Waals surface area contributed by atoms with E-state index >= 15 is 0 Å². The van der Waals surface area contributed by atoms with Crippen LogP contribution in [-0.2, 0) is 32.6 Å². The Labute approximate surface area is 195 Å². The Hall–Kier alpha value is 0.0223. The summed E-state index contributed by atoms with van der Waals surface area (Å²) in [6.45, 7) is 15.4. The number of rotatable bonds is 8. The van der Waals surface area contributed by atoms with Gasteiger partial charge in [-0.05, 0) is 0 Å². The second kappa shape index (κ2) is 15.9. The Morgan fingerprint density at radius 2 is 0.889 bits per heavy atom. The predicted molar refractivity (Wildman–Crippen MR) is 117 cm³/mol. The van der Waals surface area contributed by atoms with Crippen molar-refractivity contribution in [3.8, 4) is 0 Å². The van der Waals surface area contributed by atoms with Gasteiger partial charge in [0.2, 0.25) is 0 Å². The van der Waals surface area contributed by atoms with Gasteiger partial charge in [0.05, 0.1) is 0 Å². The van der Waals surface area contributed by atoms with Crippen molar-refractivity contribution in [3.63, 3.8) is 0 Å². The monoisotopic (exact) mass is 548 g/mol. The predicted octanol–water partition coefficient (Wildman–Crippen LogP) is 2.64. The van der Waals surface area contributed by atoms with Crippen molar-refractivity contribution < 1.29 is 19.5 Å². The molecule has 2 aromatic carbocycles. The largest absolute Gasteiger partial charge is 2.00 e. The molecule has 0 aliphatic carbocycles. The van der Waals surface area contributed by atoms with Crippen molar-refractivity contribution in [1.29, 1.82) is 0 Å². The summed E-state index contributed by atoms with van der Waals surface area (Å²) in [4.78, 5) is 4.83. The van der Waals surface area contributed by atoms with Gasteiger partial charge < -0.3 is 0 Å². The number of hydrogen-bond donors (Lipinski definition) is 0. The summed E-state index contributed by atoms with van der Waals surface area (Å²) in [5, 5.41) is 0. The van der Waals surface area contributed by atoms with Crippen LogP contribution in [0.1, 0.15) is 38.8 Å². The van der Waals surface area contributed by atoms with Crippen LogP contribution in [0, 0.1) is 0 Å². The fraction of sp³-hybridized carbons (Fsp3) is 0.455. The summed E-state index contributed by atoms with van der Waals surface area (Å²) in [7, 11) is 0. The van der Waals surface area contributed by atoms with Gasteiger partial charge >= 0.3 is 197 Å². The molecule has 0 N–H and O–H groups in total. The van der Waals surface area contributed by atoms with Crippen molar-refractivity contribution in [3.05, 3.63) is 59.7 Å². The maximum atomic E-state index is 3.10. The van der Waals surface area contributed by atoms with Crippen LogP contribution in [-0.4, -0.2) is 68.0 Å². The van der Waals surface area contributed by atoms with Gasteiger partial charge in [-0.25, -0.2) is 0 Å². The number of hydrogen-bond acceptors (Lipinski definition) is 2. The molecular formula is C22H32N2Se2Zn. The van der Waals surface area contributed by atoms with E-state index in [1.165, 1.54) is 20.1 Å². The van der Waals surface area contributed by atoms with Crippen LogP contribution in [0.4, 0.5) is 0 Å². The molecule has 0 aromatic heterocycles. The second-order valence-corrected chi connectivity index (χ2v) is 7.98. The van der Waals surface area contributed by atoms with Gasteiger partial charge in [0.1, 0.15) is 0 Å². The zero-order chi connectivity index (χ0) is 19.4. The van der Waals surface area contributed by atoms with E-state index in [0.717, 1.165) is 39.3 Å². The van der Waals surface area contributed by atoms with Crippen LogP contribution in [0.25, 0.3) is 0 Å². The van der Waals surface area contributed by atoms with Gasteiger partial charge in [-0.1, -0.05) is 0 Å². The Balaban J connectivity index is 0.000000483. The summed E-state index contributed by atoms with van der Waals surface area (Å²) in [5.41, 5.74) is 2.79. The van der Waals surface area contributed by atoms with Gasteiger partial charge in [-0.15, -0.1) is 0 Å². The minimum absolute atomic E-state index is 0. The quantitative estimate of drug-likeness (QED) is 0.469. The van der Waals surface area contributed by atoms with E-state index in [4.69, 9.17) is 0 Å². The van der Waals surface area contributed by atoms with Gasteiger partial charge in [0.15, 0.2) is 0 Å². The SMILES string of the molecule is CCN(CC)Cc1ccccc1[Se-].CCN(CC)Cc1ccccc1[Se-].[Zn+2]. The van der Waals surface area contributed by atoms with Crippen molar-refractivity contribution in [2.45, 2.75) is 40.8 Å². The first-order valence-corrected chi connectivity index (χ1v) is 11.2. The number of nitrogens with zero attached hydrogens (tertiary/aromatic N) is 2. The molecule has 2 rings (SSSR count). The molecule has 0 atom stereocenters. The summed E-state index contributed by atoms with van der Waals surface area (Å²) >= 11 is 6.19. The van der Waals surface area contributed by atoms with Gasteiger partial charge in [-0.3, -0.25) is 0 Å². The first kappa shape index (κ1) is 27.0. The Kier molecular flexibility index (Phi) is 15.9. The summed E-state index contributed by atoms with van der Waals surface area (Å²) in [5.74, 6) is 0. The summed E-state index contributed by atoms with van der Waals surface area (Å²) in [6, 6.07) is 16.9. The smallest absolute Gasteiger partial charge is 2.00 e. The van der Waals surface area contributed by atoms with Gasteiger partial charge in [-0.2, -0.15) is 0 Å². The second-order valence-electron chi connectivity index (χ2n) is 6.14. The average Bonchev–Trinajstić information content (AvgIpc) is 2.67. The van der Waals surface area contributed by atoms with Crippen molar-refractivity contribution >= 4 is 40.9 Å². The topological polar surface area (TPSA) is 6.48 Å². The summed E-state index contributed by atoms with van der Waals surface area (Å²) < 4.78 is 2.55. The molecule has 0 heterocycles. The zero-order valence-corrected chi connectivity index (χ0v) is 23.7. The van der Waals surface area contributed by atoms with Crippen LogP contribution in [0.2, 0.25) is 0 Å². The minimum Gasteiger partial charge on any atom is 2.00 e. The third-order valence-electron chi connectivity index (χ3n) is 4.52. The first-order chi connectivity index (χ1) is 12.5. The molecule has 0 aliphatic rings. The molecule has 144 valence electrons. The maximum Gasteiger partial charge on any atom is 2.00 e. The Morgan fingerprint density at radius 3 is 1.15 bits per heavy atom. The van der Waals surface area contributed by atoms with Gasteiger partial charge in [0, 0.05) is 0 Å². The van der Waals surface area contributed by atoms with Gasteiger partial charge in [0.25, 0.3) is 0 Å². The fourth-order valence-electron chi connectivity index (χ4n) is 2.65. The first-order valence-electron chi connectivity index (χ1n) is 9.50. The van der Waals surface area contributed by atoms with E-state index in [1.54, 1.807) is 0 Å². The van der Waals surface area contributed by atoms with Crippen LogP contribution < -0.4 is 8.92 Å². The van der Waals surface area contributed by atoms with E-state index in [1.807, 2.05) is 0 Å². The molecule has 0 bridgehead atoms. The average molecular weight is 548 g/mol. The Bertz CT molecular complexity index is 574. The van der Waals surface area contributed by atoms with Crippen LogP contribution in [0.5, 0.6) is 0 Å². The molecule has 0 aliphatic heterocycles.